The van der Waals surface area contributed by atoms with Crippen LogP contribution in [0.2, 0.25) is 5.54 Å². The highest BCUT2D eigenvalue weighted by molar-refractivity contribution is 9.10. The molecule has 0 aromatic heterocycles. The van der Waals surface area contributed by atoms with E-state index >= 15 is 0 Å². The molecule has 128 valence electrons. The number of amides is 1. The molecule has 1 fully saturated rings. The number of carbonyl (C=O) groups excluding carboxylic acids is 1. The van der Waals surface area contributed by atoms with Gasteiger partial charge in [-0.25, -0.2) is 0 Å². The Bertz CT molecular complexity index is 555. The zero-order valence-electron chi connectivity index (χ0n) is 13.7. The average Bonchev–Trinajstić information content (AvgIpc) is 2.81. The second kappa shape index (κ2) is 8.70. The van der Waals surface area contributed by atoms with E-state index in [1.165, 1.54) is 0 Å². The van der Waals surface area contributed by atoms with Crippen molar-refractivity contribution in [1.29, 1.82) is 0 Å². The van der Waals surface area contributed by atoms with Crippen molar-refractivity contribution >= 4 is 31.5 Å². The van der Waals surface area contributed by atoms with Crippen LogP contribution in [0.3, 0.4) is 0 Å². The predicted molar refractivity (Wildman–Crippen MR) is 96.1 cm³/mol. The van der Waals surface area contributed by atoms with Gasteiger partial charge < -0.3 is 19.1 Å². The Hall–Kier alpha value is -1.05. The molecule has 1 aliphatic rings. The van der Waals surface area contributed by atoms with Crippen LogP contribution in [-0.2, 0) is 0 Å². The molecule has 0 aliphatic carbocycles. The Morgan fingerprint density at radius 1 is 1.48 bits per heavy atom. The monoisotopic (exact) mass is 401 g/mol. The number of hydrogen-bond acceptors (Lipinski definition) is 4. The largest absolute Gasteiger partial charge is 0.493 e. The summed E-state index contributed by atoms with van der Waals surface area (Å²) in [6, 6.07) is 3.55. The van der Waals surface area contributed by atoms with Gasteiger partial charge in [-0.15, -0.1) is 0 Å². The summed E-state index contributed by atoms with van der Waals surface area (Å²) in [5.74, 6) is 1.19. The molecule has 1 amide bonds. The number of hydrogen-bond donors (Lipinski definition) is 1. The molecule has 1 atom stereocenters. The molecule has 1 aromatic carbocycles. The first-order valence-electron chi connectivity index (χ1n) is 8.01. The molecular weight excluding hydrogens is 378 g/mol. The third-order valence-electron chi connectivity index (χ3n) is 4.11. The molecule has 23 heavy (non-hydrogen) atoms. The van der Waals surface area contributed by atoms with E-state index in [4.69, 9.17) is 9.47 Å². The molecule has 1 saturated heterocycles. The van der Waals surface area contributed by atoms with Crippen molar-refractivity contribution in [3.8, 4) is 11.5 Å². The lowest BCUT2D eigenvalue weighted by Gasteiger charge is -2.24. The summed E-state index contributed by atoms with van der Waals surface area (Å²) >= 11 is 3.51. The van der Waals surface area contributed by atoms with Crippen LogP contribution in [0.4, 0.5) is 0 Å². The SMILES string of the molecule is CCOc1c(OC)ccc(C(=O)N2CCCC[C@@H](CO)[SiH2]2)c1Br. The smallest absolute Gasteiger partial charge is 0.246 e. The normalized spacial score (nSPS) is 19.5. The van der Waals surface area contributed by atoms with E-state index in [-0.39, 0.29) is 12.5 Å². The standard InChI is InChI=1S/C16H24BrNO4Si/c1-3-22-15-13(21-2)8-7-12(14(15)17)16(20)18-9-5-4-6-11(10-19)23-18/h7-8,11,19H,3-6,9-10,23H2,1-2H3/t11-/m0/s1. The van der Waals surface area contributed by atoms with Crippen LogP contribution in [0.25, 0.3) is 0 Å². The molecule has 0 unspecified atom stereocenters. The van der Waals surface area contributed by atoms with Crippen LogP contribution in [0.15, 0.2) is 16.6 Å². The molecule has 0 radical (unpaired) electrons. The molecule has 1 aromatic rings. The summed E-state index contributed by atoms with van der Waals surface area (Å²) in [5, 5.41) is 9.47. The van der Waals surface area contributed by atoms with Crippen LogP contribution < -0.4 is 9.47 Å². The van der Waals surface area contributed by atoms with Crippen molar-refractivity contribution < 1.29 is 19.4 Å². The number of nitrogens with zero attached hydrogens (tertiary/aromatic N) is 1. The van der Waals surface area contributed by atoms with Crippen molar-refractivity contribution in [1.82, 2.24) is 4.57 Å². The Kier molecular flexibility index (Phi) is 6.92. The second-order valence-electron chi connectivity index (χ2n) is 5.69. The van der Waals surface area contributed by atoms with Crippen LogP contribution in [-0.4, -0.2) is 52.1 Å². The first-order chi connectivity index (χ1) is 11.1. The lowest BCUT2D eigenvalue weighted by molar-refractivity contribution is 0.0856. The molecule has 0 saturated carbocycles. The number of methoxy groups -OCH3 is 1. The van der Waals surface area contributed by atoms with E-state index in [0.717, 1.165) is 25.8 Å². The molecule has 0 spiro atoms. The van der Waals surface area contributed by atoms with E-state index < -0.39 is 9.68 Å². The van der Waals surface area contributed by atoms with Crippen molar-refractivity contribution in [2.75, 3.05) is 26.9 Å². The Morgan fingerprint density at radius 2 is 2.26 bits per heavy atom. The van der Waals surface area contributed by atoms with E-state index in [9.17, 15) is 9.90 Å². The predicted octanol–water partition coefficient (Wildman–Crippen LogP) is 2.35. The molecule has 7 heteroatoms. The van der Waals surface area contributed by atoms with Crippen LogP contribution in [0, 0.1) is 0 Å². The van der Waals surface area contributed by atoms with Crippen molar-refractivity contribution in [3.63, 3.8) is 0 Å². The molecular formula is C16H24BrNO4Si. The zero-order chi connectivity index (χ0) is 16.8. The molecule has 1 heterocycles. The summed E-state index contributed by atoms with van der Waals surface area (Å²) in [7, 11) is 0.779. The van der Waals surface area contributed by atoms with Gasteiger partial charge in [0.25, 0.3) is 0 Å². The molecule has 1 N–H and O–H groups in total. The molecule has 1 aliphatic heterocycles. The fourth-order valence-corrected chi connectivity index (χ4v) is 5.44. The third kappa shape index (κ3) is 4.27. The van der Waals surface area contributed by atoms with Gasteiger partial charge in [-0.2, -0.15) is 0 Å². The number of halogens is 1. The highest BCUT2D eigenvalue weighted by Crippen LogP contribution is 2.38. The van der Waals surface area contributed by atoms with Gasteiger partial charge >= 0.3 is 0 Å². The van der Waals surface area contributed by atoms with Gasteiger partial charge in [0.1, 0.15) is 9.68 Å². The fraction of sp³-hybridized carbons (Fsp3) is 0.562. The van der Waals surface area contributed by atoms with Crippen molar-refractivity contribution in [2.45, 2.75) is 31.7 Å². The number of benzene rings is 1. The van der Waals surface area contributed by atoms with Crippen molar-refractivity contribution in [3.05, 3.63) is 22.2 Å². The first-order valence-corrected chi connectivity index (χ1v) is 10.3. The van der Waals surface area contributed by atoms with Crippen LogP contribution in [0.5, 0.6) is 11.5 Å². The fourth-order valence-electron chi connectivity index (χ4n) is 2.88. The summed E-state index contributed by atoms with van der Waals surface area (Å²) < 4.78 is 13.6. The Labute approximate surface area is 148 Å². The lowest BCUT2D eigenvalue weighted by atomic mass is 10.1. The summed E-state index contributed by atoms with van der Waals surface area (Å²) in [5.41, 5.74) is 0.894. The lowest BCUT2D eigenvalue weighted by Crippen LogP contribution is -2.37. The molecule has 0 bridgehead atoms. The average molecular weight is 402 g/mol. The van der Waals surface area contributed by atoms with Gasteiger partial charge in [0.15, 0.2) is 11.5 Å². The summed E-state index contributed by atoms with van der Waals surface area (Å²) in [6.07, 6.45) is 3.11. The highest BCUT2D eigenvalue weighted by atomic mass is 79.9. The van der Waals surface area contributed by atoms with E-state index in [2.05, 4.69) is 15.9 Å². The maximum absolute atomic E-state index is 12.9. The zero-order valence-corrected chi connectivity index (χ0v) is 16.7. The number of ether oxygens (including phenoxy) is 2. The van der Waals surface area contributed by atoms with E-state index in [0.29, 0.717) is 33.7 Å². The minimum absolute atomic E-state index is 0.0208. The van der Waals surface area contributed by atoms with Crippen LogP contribution in [0.1, 0.15) is 36.5 Å². The van der Waals surface area contributed by atoms with Gasteiger partial charge in [0, 0.05) is 13.2 Å². The van der Waals surface area contributed by atoms with Gasteiger partial charge in [-0.3, -0.25) is 4.79 Å². The Morgan fingerprint density at radius 3 is 2.91 bits per heavy atom. The van der Waals surface area contributed by atoms with E-state index in [1.807, 2.05) is 11.5 Å². The third-order valence-corrected chi connectivity index (χ3v) is 7.13. The van der Waals surface area contributed by atoms with Crippen molar-refractivity contribution in [2.24, 2.45) is 0 Å². The van der Waals surface area contributed by atoms with Crippen LogP contribution >= 0.6 is 15.9 Å². The molecule has 2 rings (SSSR count). The summed E-state index contributed by atoms with van der Waals surface area (Å²) in [4.78, 5) is 12.9. The number of carbonyl (C=O) groups is 1. The van der Waals surface area contributed by atoms with Gasteiger partial charge in [0.2, 0.25) is 5.91 Å². The van der Waals surface area contributed by atoms with Gasteiger partial charge in [0.05, 0.1) is 23.8 Å². The maximum atomic E-state index is 12.9. The maximum Gasteiger partial charge on any atom is 0.246 e. The quantitative estimate of drug-likeness (QED) is 0.769. The topological polar surface area (TPSA) is 59.0 Å². The number of aliphatic hydroxyl groups is 1. The number of rotatable bonds is 5. The Balaban J connectivity index is 2.29. The van der Waals surface area contributed by atoms with Gasteiger partial charge in [-0.1, -0.05) is 6.42 Å². The van der Waals surface area contributed by atoms with E-state index in [1.54, 1.807) is 19.2 Å². The molecule has 5 nitrogen and oxygen atoms in total. The minimum Gasteiger partial charge on any atom is -0.493 e. The second-order valence-corrected chi connectivity index (χ2v) is 8.76. The minimum atomic E-state index is -0.803. The highest BCUT2D eigenvalue weighted by Gasteiger charge is 2.26. The summed E-state index contributed by atoms with van der Waals surface area (Å²) in [6.45, 7) is 3.36. The van der Waals surface area contributed by atoms with Gasteiger partial charge in [-0.05, 0) is 53.4 Å². The first kappa shape index (κ1) is 18.3. The number of aliphatic hydroxyl groups excluding tert-OH is 1.